The maximum Gasteiger partial charge on any atom is 0.233 e. The third kappa shape index (κ3) is 2.94. The zero-order chi connectivity index (χ0) is 12.3. The molecule has 94 valence electrons. The third-order valence-electron chi connectivity index (χ3n) is 3.05. The van der Waals surface area contributed by atoms with Crippen LogP contribution in [0.5, 0.6) is 5.88 Å². The second-order valence-corrected chi connectivity index (χ2v) is 6.66. The number of aromatic nitrogens is 2. The number of ether oxygens (including phenoxy) is 1. The standard InChI is InChI=1S/C11H16N2O3S/c1-16-11-6-5-9(12-13-11)8-10-4-2-3-7-17(10,14)15/h5-6,10H,2-4,7-8H2,1H3. The van der Waals surface area contributed by atoms with Gasteiger partial charge in [-0.3, -0.25) is 0 Å². The molecule has 0 amide bonds. The molecule has 0 bridgehead atoms. The van der Waals surface area contributed by atoms with Crippen molar-refractivity contribution < 1.29 is 13.2 Å². The number of rotatable bonds is 3. The molecule has 1 aliphatic rings. The highest BCUT2D eigenvalue weighted by Gasteiger charge is 2.29. The lowest BCUT2D eigenvalue weighted by Crippen LogP contribution is -2.30. The summed E-state index contributed by atoms with van der Waals surface area (Å²) in [4.78, 5) is 0. The quantitative estimate of drug-likeness (QED) is 0.806. The molecule has 5 nitrogen and oxygen atoms in total. The summed E-state index contributed by atoms with van der Waals surface area (Å²) < 4.78 is 28.6. The van der Waals surface area contributed by atoms with Crippen molar-refractivity contribution in [1.29, 1.82) is 0 Å². The van der Waals surface area contributed by atoms with Gasteiger partial charge in [-0.25, -0.2) is 8.42 Å². The predicted molar refractivity (Wildman–Crippen MR) is 63.7 cm³/mol. The van der Waals surface area contributed by atoms with Crippen LogP contribution < -0.4 is 4.74 Å². The lowest BCUT2D eigenvalue weighted by molar-refractivity contribution is 0.391. The highest BCUT2D eigenvalue weighted by molar-refractivity contribution is 7.92. The lowest BCUT2D eigenvalue weighted by atomic mass is 10.1. The van der Waals surface area contributed by atoms with Crippen molar-refractivity contribution in [3.63, 3.8) is 0 Å². The molecule has 1 saturated heterocycles. The van der Waals surface area contributed by atoms with Crippen LogP contribution in [0.1, 0.15) is 25.0 Å². The summed E-state index contributed by atoms with van der Waals surface area (Å²) in [6, 6.07) is 3.48. The summed E-state index contributed by atoms with van der Waals surface area (Å²) in [5, 5.41) is 7.52. The monoisotopic (exact) mass is 256 g/mol. The molecule has 1 aromatic heterocycles. The molecule has 17 heavy (non-hydrogen) atoms. The normalized spacial score (nSPS) is 23.2. The van der Waals surface area contributed by atoms with Crippen molar-refractivity contribution in [3.05, 3.63) is 17.8 Å². The van der Waals surface area contributed by atoms with Gasteiger partial charge in [-0.05, 0) is 18.9 Å². The van der Waals surface area contributed by atoms with E-state index in [0.717, 1.165) is 19.3 Å². The van der Waals surface area contributed by atoms with E-state index in [1.54, 1.807) is 12.1 Å². The Labute approximate surface area is 101 Å². The maximum absolute atomic E-state index is 11.8. The minimum absolute atomic E-state index is 0.293. The average Bonchev–Trinajstić information content (AvgIpc) is 2.33. The Kier molecular flexibility index (Phi) is 3.61. The average molecular weight is 256 g/mol. The van der Waals surface area contributed by atoms with E-state index in [1.165, 1.54) is 7.11 Å². The van der Waals surface area contributed by atoms with Gasteiger partial charge in [0.05, 0.1) is 23.8 Å². The Morgan fingerprint density at radius 2 is 2.18 bits per heavy atom. The van der Waals surface area contributed by atoms with Crippen molar-refractivity contribution in [2.75, 3.05) is 12.9 Å². The first-order chi connectivity index (χ1) is 8.12. The highest BCUT2D eigenvalue weighted by atomic mass is 32.2. The number of hydrogen-bond donors (Lipinski definition) is 0. The molecule has 0 radical (unpaired) electrons. The molecule has 1 aromatic rings. The van der Waals surface area contributed by atoms with Gasteiger partial charge in [-0.1, -0.05) is 6.42 Å². The van der Waals surface area contributed by atoms with Crippen molar-refractivity contribution in [3.8, 4) is 5.88 Å². The Morgan fingerprint density at radius 3 is 2.76 bits per heavy atom. The van der Waals surface area contributed by atoms with E-state index in [4.69, 9.17) is 4.74 Å². The molecule has 1 atom stereocenters. The van der Waals surface area contributed by atoms with Crippen LogP contribution in [0.2, 0.25) is 0 Å². The highest BCUT2D eigenvalue weighted by Crippen LogP contribution is 2.22. The molecule has 0 aliphatic carbocycles. The van der Waals surface area contributed by atoms with Crippen LogP contribution in [0, 0.1) is 0 Å². The topological polar surface area (TPSA) is 69.2 Å². The van der Waals surface area contributed by atoms with Crippen LogP contribution in [0.15, 0.2) is 12.1 Å². The largest absolute Gasteiger partial charge is 0.480 e. The second-order valence-electron chi connectivity index (χ2n) is 4.26. The first-order valence-corrected chi connectivity index (χ1v) is 7.41. The zero-order valence-corrected chi connectivity index (χ0v) is 10.6. The van der Waals surface area contributed by atoms with Crippen LogP contribution in [0.3, 0.4) is 0 Å². The maximum atomic E-state index is 11.8. The van der Waals surface area contributed by atoms with E-state index in [2.05, 4.69) is 10.2 Å². The predicted octanol–water partition coefficient (Wildman–Crippen LogP) is 0.995. The van der Waals surface area contributed by atoms with Crippen LogP contribution in [-0.2, 0) is 16.3 Å². The van der Waals surface area contributed by atoms with Crippen molar-refractivity contribution in [2.45, 2.75) is 30.9 Å². The van der Waals surface area contributed by atoms with E-state index in [9.17, 15) is 8.42 Å². The van der Waals surface area contributed by atoms with E-state index in [1.807, 2.05) is 0 Å². The van der Waals surface area contributed by atoms with Crippen LogP contribution in [0.25, 0.3) is 0 Å². The summed E-state index contributed by atoms with van der Waals surface area (Å²) in [5.74, 6) is 0.751. The Bertz CT molecular complexity index is 470. The SMILES string of the molecule is COc1ccc(CC2CCCCS2(=O)=O)nn1. The molecule has 1 fully saturated rings. The molecule has 0 saturated carbocycles. The van der Waals surface area contributed by atoms with Gasteiger partial charge in [0.2, 0.25) is 5.88 Å². The van der Waals surface area contributed by atoms with Crippen molar-refractivity contribution >= 4 is 9.84 Å². The van der Waals surface area contributed by atoms with E-state index in [-0.39, 0.29) is 5.25 Å². The summed E-state index contributed by atoms with van der Waals surface area (Å²) in [6.45, 7) is 0. The van der Waals surface area contributed by atoms with E-state index >= 15 is 0 Å². The van der Waals surface area contributed by atoms with Gasteiger partial charge in [0.25, 0.3) is 0 Å². The Morgan fingerprint density at radius 1 is 1.35 bits per heavy atom. The molecule has 6 heteroatoms. The Hall–Kier alpha value is -1.17. The fourth-order valence-electron chi connectivity index (χ4n) is 2.05. The lowest BCUT2D eigenvalue weighted by Gasteiger charge is -2.21. The van der Waals surface area contributed by atoms with Crippen LogP contribution >= 0.6 is 0 Å². The molecular weight excluding hydrogens is 240 g/mol. The summed E-state index contributed by atoms with van der Waals surface area (Å²) in [7, 11) is -1.41. The van der Waals surface area contributed by atoms with Gasteiger partial charge >= 0.3 is 0 Å². The van der Waals surface area contributed by atoms with Crippen molar-refractivity contribution in [2.24, 2.45) is 0 Å². The van der Waals surface area contributed by atoms with E-state index < -0.39 is 9.84 Å². The number of hydrogen-bond acceptors (Lipinski definition) is 5. The molecule has 1 unspecified atom stereocenters. The van der Waals surface area contributed by atoms with Gasteiger partial charge in [0, 0.05) is 12.5 Å². The molecule has 2 rings (SSSR count). The minimum atomic E-state index is -2.94. The Balaban J connectivity index is 2.09. The summed E-state index contributed by atoms with van der Waals surface area (Å²) in [5.41, 5.74) is 0.710. The van der Waals surface area contributed by atoms with Gasteiger partial charge < -0.3 is 4.74 Å². The third-order valence-corrected chi connectivity index (χ3v) is 5.33. The number of nitrogens with zero attached hydrogens (tertiary/aromatic N) is 2. The fourth-order valence-corrected chi connectivity index (χ4v) is 3.94. The van der Waals surface area contributed by atoms with Gasteiger partial charge in [0.15, 0.2) is 9.84 Å². The minimum Gasteiger partial charge on any atom is -0.480 e. The van der Waals surface area contributed by atoms with E-state index in [0.29, 0.717) is 23.7 Å². The van der Waals surface area contributed by atoms with Gasteiger partial charge in [0.1, 0.15) is 0 Å². The fraction of sp³-hybridized carbons (Fsp3) is 0.636. The summed E-state index contributed by atoms with van der Waals surface area (Å²) in [6.07, 6.45) is 2.95. The number of sulfone groups is 1. The molecule has 0 aromatic carbocycles. The van der Waals surface area contributed by atoms with Gasteiger partial charge in [-0.2, -0.15) is 5.10 Å². The second kappa shape index (κ2) is 5.00. The van der Waals surface area contributed by atoms with Crippen molar-refractivity contribution in [1.82, 2.24) is 10.2 Å². The molecule has 2 heterocycles. The number of methoxy groups -OCH3 is 1. The smallest absolute Gasteiger partial charge is 0.233 e. The molecule has 0 N–H and O–H groups in total. The van der Waals surface area contributed by atoms with Crippen LogP contribution in [-0.4, -0.2) is 36.7 Å². The van der Waals surface area contributed by atoms with Gasteiger partial charge in [-0.15, -0.1) is 5.10 Å². The summed E-state index contributed by atoms with van der Waals surface area (Å²) >= 11 is 0. The molecule has 0 spiro atoms. The first-order valence-electron chi connectivity index (χ1n) is 5.70. The molecule has 1 aliphatic heterocycles. The van der Waals surface area contributed by atoms with Crippen LogP contribution in [0.4, 0.5) is 0 Å². The first kappa shape index (κ1) is 12.3. The zero-order valence-electron chi connectivity index (χ0n) is 9.80. The molecular formula is C11H16N2O3S.